The number of methoxy groups -OCH3 is 3. The maximum Gasteiger partial charge on any atom is 0.327 e. The van der Waals surface area contributed by atoms with E-state index in [1.807, 2.05) is 4.90 Å². The van der Waals surface area contributed by atoms with Crippen molar-refractivity contribution < 1.29 is 33.1 Å². The van der Waals surface area contributed by atoms with Crippen LogP contribution >= 0.6 is 0 Å². The van der Waals surface area contributed by atoms with Crippen LogP contribution in [0.1, 0.15) is 10.4 Å². The Kier molecular flexibility index (Phi) is 6.75. The summed E-state index contributed by atoms with van der Waals surface area (Å²) in [7, 11) is 3.83. The van der Waals surface area contributed by atoms with Crippen LogP contribution in [-0.2, 0) is 4.74 Å². The lowest BCUT2D eigenvalue weighted by Gasteiger charge is -2.29. The highest BCUT2D eigenvalue weighted by Gasteiger charge is 2.32. The van der Waals surface area contributed by atoms with Gasteiger partial charge < -0.3 is 29.2 Å². The molecule has 166 valence electrons. The topological polar surface area (TPSA) is 112 Å². The third kappa shape index (κ3) is 4.45. The molecule has 1 aliphatic rings. The molecule has 2 aromatic carbocycles. The fourth-order valence-electron chi connectivity index (χ4n) is 3.34. The molecule has 1 N–H and O–H groups in total. The lowest BCUT2D eigenvalue weighted by Crippen LogP contribution is -2.36. The molecule has 0 aliphatic carbocycles. The van der Waals surface area contributed by atoms with Gasteiger partial charge in [-0.05, 0) is 18.2 Å². The molecule has 10 nitrogen and oxygen atoms in total. The van der Waals surface area contributed by atoms with E-state index in [-0.39, 0.29) is 28.5 Å². The smallest absolute Gasteiger partial charge is 0.327 e. The van der Waals surface area contributed by atoms with Crippen molar-refractivity contribution in [1.29, 1.82) is 0 Å². The van der Waals surface area contributed by atoms with Crippen molar-refractivity contribution in [1.82, 2.24) is 0 Å². The third-order valence-corrected chi connectivity index (χ3v) is 4.79. The summed E-state index contributed by atoms with van der Waals surface area (Å²) in [5.74, 6) is -1.56. The number of anilines is 2. The first-order valence-corrected chi connectivity index (χ1v) is 9.32. The Morgan fingerprint density at radius 1 is 1.13 bits per heavy atom. The van der Waals surface area contributed by atoms with Crippen LogP contribution in [0.15, 0.2) is 24.3 Å². The lowest BCUT2D eigenvalue weighted by molar-refractivity contribution is -0.386. The van der Waals surface area contributed by atoms with Gasteiger partial charge in [-0.3, -0.25) is 14.9 Å². The van der Waals surface area contributed by atoms with E-state index in [4.69, 9.17) is 18.9 Å². The molecule has 1 fully saturated rings. The minimum Gasteiger partial charge on any atom is -0.493 e. The van der Waals surface area contributed by atoms with Crippen LogP contribution in [0.2, 0.25) is 0 Å². The maximum absolute atomic E-state index is 14.6. The van der Waals surface area contributed by atoms with E-state index in [0.717, 1.165) is 6.07 Å². The van der Waals surface area contributed by atoms with Crippen LogP contribution in [0.3, 0.4) is 0 Å². The van der Waals surface area contributed by atoms with Crippen molar-refractivity contribution in [3.8, 4) is 17.2 Å². The Bertz CT molecular complexity index is 993. The van der Waals surface area contributed by atoms with Gasteiger partial charge in [-0.25, -0.2) is 4.39 Å². The number of carbonyl (C=O) groups excluding carboxylic acids is 1. The maximum atomic E-state index is 14.6. The largest absolute Gasteiger partial charge is 0.493 e. The monoisotopic (exact) mass is 435 g/mol. The molecule has 1 saturated heterocycles. The van der Waals surface area contributed by atoms with Crippen LogP contribution < -0.4 is 24.4 Å². The zero-order valence-electron chi connectivity index (χ0n) is 17.3. The van der Waals surface area contributed by atoms with E-state index in [1.54, 1.807) is 6.07 Å². The molecule has 31 heavy (non-hydrogen) atoms. The van der Waals surface area contributed by atoms with E-state index in [9.17, 15) is 19.3 Å². The number of nitrogens with one attached hydrogen (secondary N) is 1. The molecule has 11 heteroatoms. The SMILES string of the molecule is COc1cc(C(=O)Nc2ccc(N3CCOCC3)c(F)c2)c([N+](=O)[O-])c(OC)c1OC. The van der Waals surface area contributed by atoms with Crippen molar-refractivity contribution >= 4 is 23.0 Å². The highest BCUT2D eigenvalue weighted by Crippen LogP contribution is 2.46. The summed E-state index contributed by atoms with van der Waals surface area (Å²) in [6, 6.07) is 5.40. The molecular formula is C20H22FN3O7. The van der Waals surface area contributed by atoms with Gasteiger partial charge in [-0.1, -0.05) is 0 Å². The zero-order valence-corrected chi connectivity index (χ0v) is 17.3. The summed E-state index contributed by atoms with van der Waals surface area (Å²) in [6.07, 6.45) is 0. The molecule has 1 heterocycles. The molecule has 2 aromatic rings. The minimum atomic E-state index is -0.829. The number of rotatable bonds is 7. The third-order valence-electron chi connectivity index (χ3n) is 4.79. The summed E-state index contributed by atoms with van der Waals surface area (Å²) in [5, 5.41) is 14.2. The summed E-state index contributed by atoms with van der Waals surface area (Å²) in [5.41, 5.74) is -0.386. The predicted molar refractivity (Wildman–Crippen MR) is 110 cm³/mol. The molecule has 0 atom stereocenters. The van der Waals surface area contributed by atoms with Gasteiger partial charge in [0.1, 0.15) is 11.4 Å². The zero-order chi connectivity index (χ0) is 22.5. The summed E-state index contributed by atoms with van der Waals surface area (Å²) in [6.45, 7) is 2.12. The van der Waals surface area contributed by atoms with Crippen LogP contribution in [0, 0.1) is 15.9 Å². The van der Waals surface area contributed by atoms with Gasteiger partial charge >= 0.3 is 5.69 Å². The molecule has 1 amide bonds. The standard InChI is InChI=1S/C20H22FN3O7/c1-28-16-11-13(17(24(26)27)19(30-3)18(16)29-2)20(25)22-12-4-5-15(14(21)10-12)23-6-8-31-9-7-23/h4-5,10-11H,6-9H2,1-3H3,(H,22,25). The number of carbonyl (C=O) groups is 1. The van der Waals surface area contributed by atoms with E-state index < -0.39 is 22.3 Å². The highest BCUT2D eigenvalue weighted by atomic mass is 19.1. The van der Waals surface area contributed by atoms with Gasteiger partial charge in [0.25, 0.3) is 5.91 Å². The number of amides is 1. The van der Waals surface area contributed by atoms with Crippen molar-refractivity contribution in [3.63, 3.8) is 0 Å². The van der Waals surface area contributed by atoms with E-state index >= 15 is 0 Å². The van der Waals surface area contributed by atoms with Crippen molar-refractivity contribution in [2.24, 2.45) is 0 Å². The second-order valence-corrected chi connectivity index (χ2v) is 6.52. The summed E-state index contributed by atoms with van der Waals surface area (Å²) in [4.78, 5) is 25.6. The molecular weight excluding hydrogens is 413 g/mol. The van der Waals surface area contributed by atoms with Crippen molar-refractivity contribution in [2.75, 3.05) is 57.8 Å². The van der Waals surface area contributed by atoms with E-state index in [0.29, 0.717) is 32.0 Å². The average molecular weight is 435 g/mol. The Labute approximate surface area is 177 Å². The highest BCUT2D eigenvalue weighted by molar-refractivity contribution is 6.08. The summed E-state index contributed by atoms with van der Waals surface area (Å²) < 4.78 is 35.3. The number of nitro groups is 1. The molecule has 3 rings (SSSR count). The lowest BCUT2D eigenvalue weighted by atomic mass is 10.1. The molecule has 0 radical (unpaired) electrons. The number of halogens is 1. The molecule has 0 bridgehead atoms. The van der Waals surface area contributed by atoms with Crippen molar-refractivity contribution in [3.05, 3.63) is 45.8 Å². The first-order valence-electron chi connectivity index (χ1n) is 9.32. The molecule has 0 spiro atoms. The average Bonchev–Trinajstić information content (AvgIpc) is 2.77. The quantitative estimate of drug-likeness (QED) is 0.522. The van der Waals surface area contributed by atoms with Crippen molar-refractivity contribution in [2.45, 2.75) is 0 Å². The normalized spacial score (nSPS) is 13.5. The first kappa shape index (κ1) is 22.1. The van der Waals surface area contributed by atoms with Gasteiger partial charge in [0.05, 0.1) is 45.2 Å². The Hall–Kier alpha value is -3.60. The van der Waals surface area contributed by atoms with E-state index in [2.05, 4.69) is 5.32 Å². The second-order valence-electron chi connectivity index (χ2n) is 6.52. The Morgan fingerprint density at radius 3 is 2.35 bits per heavy atom. The minimum absolute atomic E-state index is 0.0193. The van der Waals surface area contributed by atoms with Crippen LogP contribution in [-0.4, -0.2) is 58.5 Å². The fourth-order valence-corrected chi connectivity index (χ4v) is 3.34. The number of hydrogen-bond donors (Lipinski definition) is 1. The van der Waals surface area contributed by atoms with Gasteiger partial charge in [-0.15, -0.1) is 0 Å². The number of hydrogen-bond acceptors (Lipinski definition) is 8. The van der Waals surface area contributed by atoms with Gasteiger partial charge in [0.2, 0.25) is 11.5 Å². The van der Waals surface area contributed by atoms with Crippen LogP contribution in [0.5, 0.6) is 17.2 Å². The predicted octanol–water partition coefficient (Wildman–Crippen LogP) is 2.85. The number of nitrogens with zero attached hydrogens (tertiary/aromatic N) is 2. The summed E-state index contributed by atoms with van der Waals surface area (Å²) >= 11 is 0. The number of ether oxygens (including phenoxy) is 4. The number of nitro benzene ring substituents is 1. The van der Waals surface area contributed by atoms with Gasteiger partial charge in [-0.2, -0.15) is 0 Å². The molecule has 0 aromatic heterocycles. The number of benzene rings is 2. The molecule has 0 unspecified atom stereocenters. The fraction of sp³-hybridized carbons (Fsp3) is 0.350. The van der Waals surface area contributed by atoms with E-state index in [1.165, 1.54) is 33.5 Å². The van der Waals surface area contributed by atoms with Gasteiger partial charge in [0, 0.05) is 24.8 Å². The van der Waals surface area contributed by atoms with Crippen LogP contribution in [0.25, 0.3) is 0 Å². The van der Waals surface area contributed by atoms with Gasteiger partial charge in [0.15, 0.2) is 5.75 Å². The first-order chi connectivity index (χ1) is 14.9. The Morgan fingerprint density at radius 2 is 1.81 bits per heavy atom. The molecule has 1 aliphatic heterocycles. The molecule has 0 saturated carbocycles. The van der Waals surface area contributed by atoms with Crippen LogP contribution in [0.4, 0.5) is 21.5 Å². The number of morpholine rings is 1. The second kappa shape index (κ2) is 9.47. The Balaban J connectivity index is 1.94.